The molecule has 0 aromatic heterocycles. The van der Waals surface area contributed by atoms with E-state index in [-0.39, 0.29) is 0 Å². The van der Waals surface area contributed by atoms with Gasteiger partial charge in [0.2, 0.25) is 0 Å². The Balaban J connectivity index is 7.12. The van der Waals surface area contributed by atoms with Crippen LogP contribution in [0.25, 0.3) is 0 Å². The Kier molecular flexibility index (Phi) is 16.6. The summed E-state index contributed by atoms with van der Waals surface area (Å²) in [7, 11) is -0.502. The third-order valence-electron chi connectivity index (χ3n) is 11.6. The fraction of sp³-hybridized carbons (Fsp3) is 1.00. The molecule has 0 aliphatic rings. The van der Waals surface area contributed by atoms with Crippen LogP contribution in [0.2, 0.25) is 0 Å². The topological polar surface area (TPSA) is 27.7 Å². The molecule has 3 nitrogen and oxygen atoms in total. The molecule has 0 aromatic rings. The third kappa shape index (κ3) is 8.62. The van der Waals surface area contributed by atoms with Crippen molar-refractivity contribution < 1.29 is 13.3 Å². The number of hydrogen-bond donors (Lipinski definition) is 0. The first kappa shape index (κ1) is 38.2. The third-order valence-corrected chi connectivity index (χ3v) is 32.6. The molecule has 0 saturated heterocycles. The molecular formula is C30H72BO3P3. The first-order valence-electron chi connectivity index (χ1n) is 16.5. The average Bonchev–Trinajstić information content (AvgIpc) is 2.96. The monoisotopic (exact) mass is 584 g/mol. The molecule has 0 rings (SSSR count). The van der Waals surface area contributed by atoms with E-state index >= 15 is 0 Å². The molecule has 0 spiro atoms. The second-order valence-corrected chi connectivity index (χ2v) is 31.1. The Labute approximate surface area is 236 Å². The van der Waals surface area contributed by atoms with Crippen LogP contribution in [0.1, 0.15) is 122 Å². The first-order valence-corrected chi connectivity index (χ1v) is 25.2. The Morgan fingerprint density at radius 3 is 0.676 bits per heavy atom. The molecule has 0 heterocycles. The predicted molar refractivity (Wildman–Crippen MR) is 184 cm³/mol. The van der Waals surface area contributed by atoms with E-state index in [9.17, 15) is 0 Å². The standard InChI is InChI=1S/C30H72BO3P3/c1-13-25-28-35(16-4,17-5,18-6)32-31(33-36(19-7,20-8,21-9)29-26-14-2)34-37(22-10,23-11,24-12)30-27-15-3/h13-30H2,1-12H3. The van der Waals surface area contributed by atoms with Gasteiger partial charge in [-0.25, -0.2) is 0 Å². The molecule has 0 aliphatic heterocycles. The molecule has 0 aromatic carbocycles. The summed E-state index contributed by atoms with van der Waals surface area (Å²) in [6.07, 6.45) is 21.2. The predicted octanol–water partition coefficient (Wildman–Crippen LogP) is 11.0. The van der Waals surface area contributed by atoms with Crippen LogP contribution in [-0.4, -0.2) is 81.3 Å². The second-order valence-electron chi connectivity index (χ2n) is 12.3. The molecule has 0 N–H and O–H groups in total. The maximum atomic E-state index is 7.66. The molecule has 228 valence electrons. The minimum absolute atomic E-state index is 0.502. The van der Waals surface area contributed by atoms with E-state index in [4.69, 9.17) is 13.3 Å². The second kappa shape index (κ2) is 16.0. The van der Waals surface area contributed by atoms with Gasteiger partial charge < -0.3 is 0 Å². The van der Waals surface area contributed by atoms with Gasteiger partial charge in [-0.2, -0.15) is 0 Å². The summed E-state index contributed by atoms with van der Waals surface area (Å²) in [5.74, 6) is 0. The first-order chi connectivity index (χ1) is 17.5. The number of rotatable bonds is 24. The van der Waals surface area contributed by atoms with Gasteiger partial charge in [0.25, 0.3) is 0 Å². The zero-order valence-corrected chi connectivity index (χ0v) is 30.6. The molecule has 0 amide bonds. The summed E-state index contributed by atoms with van der Waals surface area (Å²) in [4.78, 5) is 0. The van der Waals surface area contributed by atoms with Gasteiger partial charge in [-0.3, -0.25) is 0 Å². The van der Waals surface area contributed by atoms with Gasteiger partial charge in [0.05, 0.1) is 0 Å². The molecule has 0 fully saturated rings. The van der Waals surface area contributed by atoms with Gasteiger partial charge in [0, 0.05) is 0 Å². The van der Waals surface area contributed by atoms with Crippen LogP contribution in [0.3, 0.4) is 0 Å². The van der Waals surface area contributed by atoms with Crippen molar-refractivity contribution in [2.45, 2.75) is 122 Å². The van der Waals surface area contributed by atoms with E-state index < -0.39 is 27.8 Å². The molecule has 0 atom stereocenters. The van der Waals surface area contributed by atoms with E-state index in [1.54, 1.807) is 0 Å². The van der Waals surface area contributed by atoms with E-state index in [0.717, 1.165) is 55.5 Å². The van der Waals surface area contributed by atoms with Crippen LogP contribution in [0, 0.1) is 0 Å². The van der Waals surface area contributed by atoms with Crippen LogP contribution in [0.15, 0.2) is 0 Å². The van der Waals surface area contributed by atoms with Gasteiger partial charge in [0.15, 0.2) is 0 Å². The van der Waals surface area contributed by atoms with Crippen molar-refractivity contribution in [2.75, 3.05) is 73.9 Å². The Morgan fingerprint density at radius 2 is 0.541 bits per heavy atom. The molecular weight excluding hydrogens is 512 g/mol. The fourth-order valence-electron chi connectivity index (χ4n) is 6.73. The maximum absolute atomic E-state index is 7.66. The van der Waals surface area contributed by atoms with Gasteiger partial charge in [-0.15, -0.1) is 0 Å². The quantitative estimate of drug-likeness (QED) is 0.0834. The van der Waals surface area contributed by atoms with Crippen LogP contribution in [0.5, 0.6) is 0 Å². The fourth-order valence-corrected chi connectivity index (χ4v) is 20.5. The van der Waals surface area contributed by atoms with Crippen molar-refractivity contribution in [3.05, 3.63) is 0 Å². The van der Waals surface area contributed by atoms with Crippen molar-refractivity contribution in [3.63, 3.8) is 0 Å². The van der Waals surface area contributed by atoms with Gasteiger partial charge in [-0.1, -0.05) is 0 Å². The van der Waals surface area contributed by atoms with Crippen molar-refractivity contribution in [1.82, 2.24) is 0 Å². The SMILES string of the molecule is CCCCP(CC)(CC)(CC)OB(OP(CC)(CC)(CC)CCCC)OP(CC)(CC)(CC)CCCC. The summed E-state index contributed by atoms with van der Waals surface area (Å²) in [5, 5.41) is 0. The summed E-state index contributed by atoms with van der Waals surface area (Å²) in [6.45, 7) is 21.1. The average molecular weight is 585 g/mol. The molecule has 0 bridgehead atoms. The van der Waals surface area contributed by atoms with E-state index in [2.05, 4.69) is 83.1 Å². The summed E-state index contributed by atoms with van der Waals surface area (Å²) >= 11 is 0. The van der Waals surface area contributed by atoms with Crippen LogP contribution in [0.4, 0.5) is 0 Å². The minimum atomic E-state index is -2.46. The van der Waals surface area contributed by atoms with Crippen LogP contribution >= 0.6 is 20.5 Å². The van der Waals surface area contributed by atoms with Gasteiger partial charge in [-0.05, 0) is 0 Å². The number of unbranched alkanes of at least 4 members (excludes halogenated alkanes) is 3. The molecule has 0 saturated carbocycles. The zero-order chi connectivity index (χ0) is 28.8. The Morgan fingerprint density at radius 1 is 0.351 bits per heavy atom. The van der Waals surface area contributed by atoms with Crippen molar-refractivity contribution in [1.29, 1.82) is 0 Å². The summed E-state index contributed by atoms with van der Waals surface area (Å²) in [5.41, 5.74) is 0. The molecule has 7 heteroatoms. The Bertz CT molecular complexity index is 515. The zero-order valence-electron chi connectivity index (χ0n) is 27.9. The van der Waals surface area contributed by atoms with Crippen molar-refractivity contribution in [2.24, 2.45) is 0 Å². The molecule has 37 heavy (non-hydrogen) atoms. The molecule has 0 aliphatic carbocycles. The Hall–Kier alpha value is 1.23. The van der Waals surface area contributed by atoms with Crippen LogP contribution in [-0.2, 0) is 13.3 Å². The van der Waals surface area contributed by atoms with E-state index in [1.807, 2.05) is 0 Å². The summed E-state index contributed by atoms with van der Waals surface area (Å²) in [6, 6.07) is 0. The van der Waals surface area contributed by atoms with Crippen LogP contribution < -0.4 is 0 Å². The number of hydrogen-bond acceptors (Lipinski definition) is 3. The molecule has 0 unspecified atom stereocenters. The van der Waals surface area contributed by atoms with E-state index in [0.29, 0.717) is 0 Å². The van der Waals surface area contributed by atoms with Crippen molar-refractivity contribution >= 4 is 27.8 Å². The van der Waals surface area contributed by atoms with Crippen molar-refractivity contribution in [3.8, 4) is 0 Å². The van der Waals surface area contributed by atoms with Gasteiger partial charge >= 0.3 is 237 Å². The molecule has 0 radical (unpaired) electrons. The summed E-state index contributed by atoms with van der Waals surface area (Å²) < 4.78 is 23.0. The van der Waals surface area contributed by atoms with Gasteiger partial charge in [0.1, 0.15) is 0 Å². The van der Waals surface area contributed by atoms with E-state index in [1.165, 1.54) is 57.0 Å². The normalized spacial score (nSPS) is 16.4.